The van der Waals surface area contributed by atoms with E-state index >= 15 is 0 Å². The van der Waals surface area contributed by atoms with E-state index in [2.05, 4.69) is 20.6 Å². The lowest BCUT2D eigenvalue weighted by Crippen LogP contribution is -2.13. The van der Waals surface area contributed by atoms with Crippen LogP contribution in [0, 0.1) is 6.92 Å². The van der Waals surface area contributed by atoms with Gasteiger partial charge in [0.1, 0.15) is 0 Å². The van der Waals surface area contributed by atoms with Gasteiger partial charge >= 0.3 is 5.97 Å². The van der Waals surface area contributed by atoms with Gasteiger partial charge in [-0.25, -0.2) is 14.8 Å². The predicted octanol–water partition coefficient (Wildman–Crippen LogP) is 3.96. The summed E-state index contributed by atoms with van der Waals surface area (Å²) >= 11 is 0. The third kappa shape index (κ3) is 4.70. The molecule has 2 aromatic carbocycles. The molecule has 28 heavy (non-hydrogen) atoms. The molecule has 1 heterocycles. The number of hydrogen-bond acceptors (Lipinski definition) is 6. The molecule has 0 aliphatic carbocycles. The summed E-state index contributed by atoms with van der Waals surface area (Å²) in [4.78, 5) is 32.7. The van der Waals surface area contributed by atoms with Gasteiger partial charge in [0.05, 0.1) is 23.4 Å². The minimum Gasteiger partial charge on any atom is -0.462 e. The molecule has 142 valence electrons. The summed E-state index contributed by atoms with van der Waals surface area (Å²) in [6.07, 6.45) is 2.85. The Morgan fingerprint density at radius 3 is 2.50 bits per heavy atom. The molecule has 1 aromatic heterocycles. The third-order valence-corrected chi connectivity index (χ3v) is 3.86. The zero-order valence-corrected chi connectivity index (χ0v) is 15.6. The quantitative estimate of drug-likeness (QED) is 0.633. The van der Waals surface area contributed by atoms with Crippen molar-refractivity contribution in [3.8, 4) is 0 Å². The Kier molecular flexibility index (Phi) is 5.96. The fraction of sp³-hybridized carbons (Fsp3) is 0.143. The number of aryl methyl sites for hydroxylation is 1. The number of hydrogen-bond donors (Lipinski definition) is 2. The molecule has 3 rings (SSSR count). The first-order chi connectivity index (χ1) is 13.6. The lowest BCUT2D eigenvalue weighted by atomic mass is 10.2. The van der Waals surface area contributed by atoms with E-state index in [9.17, 15) is 9.59 Å². The van der Waals surface area contributed by atoms with Crippen LogP contribution in [-0.2, 0) is 4.74 Å². The molecule has 0 radical (unpaired) electrons. The molecule has 7 heteroatoms. The number of aromatic nitrogens is 2. The molecule has 0 saturated heterocycles. The number of nitrogens with one attached hydrogen (secondary N) is 2. The summed E-state index contributed by atoms with van der Waals surface area (Å²) in [6, 6.07) is 14.4. The first-order valence-electron chi connectivity index (χ1n) is 8.80. The molecule has 0 bridgehead atoms. The van der Waals surface area contributed by atoms with Gasteiger partial charge in [-0.2, -0.15) is 0 Å². The van der Waals surface area contributed by atoms with E-state index in [1.165, 1.54) is 12.4 Å². The van der Waals surface area contributed by atoms with Crippen molar-refractivity contribution in [2.24, 2.45) is 0 Å². The smallest absolute Gasteiger partial charge is 0.340 e. The maximum Gasteiger partial charge on any atom is 0.340 e. The Labute approximate surface area is 162 Å². The standard InChI is InChI=1S/C21H20N4O3/c1-3-28-20(27)17-9-4-5-10-18(17)25-21-22-12-15(13-23-21)19(26)24-16-8-6-7-14(2)11-16/h4-13H,3H2,1-2H3,(H,24,26)(H,22,23,25). The molecular weight excluding hydrogens is 356 g/mol. The van der Waals surface area contributed by atoms with Crippen LogP contribution < -0.4 is 10.6 Å². The van der Waals surface area contributed by atoms with Crippen LogP contribution in [0.4, 0.5) is 17.3 Å². The van der Waals surface area contributed by atoms with Crippen LogP contribution in [0.15, 0.2) is 60.9 Å². The van der Waals surface area contributed by atoms with Gasteiger partial charge in [-0.15, -0.1) is 0 Å². The molecule has 0 aliphatic heterocycles. The van der Waals surface area contributed by atoms with E-state index in [1.54, 1.807) is 31.2 Å². The Hall–Kier alpha value is -3.74. The molecule has 3 aromatic rings. The van der Waals surface area contributed by atoms with Crippen LogP contribution in [-0.4, -0.2) is 28.5 Å². The fourth-order valence-electron chi connectivity index (χ4n) is 2.54. The van der Waals surface area contributed by atoms with Crippen molar-refractivity contribution in [2.75, 3.05) is 17.2 Å². The molecule has 0 spiro atoms. The summed E-state index contributed by atoms with van der Waals surface area (Å²) in [7, 11) is 0. The highest BCUT2D eigenvalue weighted by molar-refractivity contribution is 6.04. The maximum atomic E-state index is 12.3. The van der Waals surface area contributed by atoms with Gasteiger partial charge in [-0.1, -0.05) is 24.3 Å². The highest BCUT2D eigenvalue weighted by Crippen LogP contribution is 2.19. The van der Waals surface area contributed by atoms with Crippen molar-refractivity contribution in [1.82, 2.24) is 9.97 Å². The van der Waals surface area contributed by atoms with Crippen LogP contribution in [0.2, 0.25) is 0 Å². The molecule has 0 saturated carbocycles. The Balaban J connectivity index is 1.71. The minimum atomic E-state index is -0.431. The highest BCUT2D eigenvalue weighted by atomic mass is 16.5. The second-order valence-corrected chi connectivity index (χ2v) is 6.01. The van der Waals surface area contributed by atoms with Crippen molar-refractivity contribution in [1.29, 1.82) is 0 Å². The third-order valence-electron chi connectivity index (χ3n) is 3.86. The molecule has 7 nitrogen and oxygen atoms in total. The van der Waals surface area contributed by atoms with E-state index < -0.39 is 5.97 Å². The summed E-state index contributed by atoms with van der Waals surface area (Å²) in [5.74, 6) is -0.465. The Morgan fingerprint density at radius 1 is 1.04 bits per heavy atom. The monoisotopic (exact) mass is 376 g/mol. The zero-order chi connectivity index (χ0) is 19.9. The van der Waals surface area contributed by atoms with Gasteiger partial charge in [-0.3, -0.25) is 4.79 Å². The van der Waals surface area contributed by atoms with E-state index in [0.29, 0.717) is 22.5 Å². The van der Waals surface area contributed by atoms with Gasteiger partial charge in [-0.05, 0) is 43.7 Å². The van der Waals surface area contributed by atoms with E-state index in [4.69, 9.17) is 4.74 Å². The van der Waals surface area contributed by atoms with Crippen LogP contribution >= 0.6 is 0 Å². The SMILES string of the molecule is CCOC(=O)c1ccccc1Nc1ncc(C(=O)Nc2cccc(C)c2)cn1. The number of anilines is 3. The van der Waals surface area contributed by atoms with Crippen molar-refractivity contribution >= 4 is 29.2 Å². The number of carbonyl (C=O) groups is 2. The molecule has 0 atom stereocenters. The summed E-state index contributed by atoms with van der Waals surface area (Å²) in [6.45, 7) is 3.99. The van der Waals surface area contributed by atoms with Gasteiger partial charge in [0.2, 0.25) is 5.95 Å². The number of amides is 1. The average Bonchev–Trinajstić information content (AvgIpc) is 2.69. The number of rotatable bonds is 6. The van der Waals surface area contributed by atoms with E-state index in [1.807, 2.05) is 31.2 Å². The summed E-state index contributed by atoms with van der Waals surface area (Å²) < 4.78 is 5.05. The zero-order valence-electron chi connectivity index (χ0n) is 15.6. The van der Waals surface area contributed by atoms with E-state index in [-0.39, 0.29) is 18.5 Å². The first kappa shape index (κ1) is 19.0. The summed E-state index contributed by atoms with van der Waals surface area (Å²) in [5, 5.41) is 5.79. The van der Waals surface area contributed by atoms with E-state index in [0.717, 1.165) is 5.56 Å². The molecular formula is C21H20N4O3. The number of ether oxygens (including phenoxy) is 1. The predicted molar refractivity (Wildman–Crippen MR) is 107 cm³/mol. The van der Waals surface area contributed by atoms with Gasteiger partial charge < -0.3 is 15.4 Å². The largest absolute Gasteiger partial charge is 0.462 e. The van der Waals surface area contributed by atoms with Gasteiger partial charge in [0.25, 0.3) is 5.91 Å². The van der Waals surface area contributed by atoms with Crippen molar-refractivity contribution in [2.45, 2.75) is 13.8 Å². The minimum absolute atomic E-state index is 0.267. The fourth-order valence-corrected chi connectivity index (χ4v) is 2.54. The Morgan fingerprint density at radius 2 is 1.79 bits per heavy atom. The number of para-hydroxylation sites is 1. The summed E-state index contributed by atoms with van der Waals surface area (Å²) in [5.41, 5.74) is 2.99. The number of esters is 1. The van der Waals surface area contributed by atoms with Crippen molar-refractivity contribution in [3.05, 3.63) is 77.6 Å². The normalized spacial score (nSPS) is 10.2. The molecule has 2 N–H and O–H groups in total. The van der Waals surface area contributed by atoms with Gasteiger partial charge in [0, 0.05) is 18.1 Å². The van der Waals surface area contributed by atoms with Crippen molar-refractivity contribution < 1.29 is 14.3 Å². The van der Waals surface area contributed by atoms with Gasteiger partial charge in [0.15, 0.2) is 0 Å². The number of carbonyl (C=O) groups excluding carboxylic acids is 2. The van der Waals surface area contributed by atoms with Crippen LogP contribution in [0.3, 0.4) is 0 Å². The topological polar surface area (TPSA) is 93.2 Å². The second kappa shape index (κ2) is 8.77. The molecule has 1 amide bonds. The lowest BCUT2D eigenvalue weighted by molar-refractivity contribution is 0.0527. The molecule has 0 unspecified atom stereocenters. The molecule has 0 fully saturated rings. The Bertz CT molecular complexity index is 987. The van der Waals surface area contributed by atoms with Crippen LogP contribution in [0.1, 0.15) is 33.2 Å². The maximum absolute atomic E-state index is 12.3. The van der Waals surface area contributed by atoms with Crippen molar-refractivity contribution in [3.63, 3.8) is 0 Å². The molecule has 0 aliphatic rings. The highest BCUT2D eigenvalue weighted by Gasteiger charge is 2.13. The lowest BCUT2D eigenvalue weighted by Gasteiger charge is -2.10. The second-order valence-electron chi connectivity index (χ2n) is 6.01. The van der Waals surface area contributed by atoms with Crippen LogP contribution in [0.25, 0.3) is 0 Å². The first-order valence-corrected chi connectivity index (χ1v) is 8.80. The average molecular weight is 376 g/mol. The number of nitrogens with zero attached hydrogens (tertiary/aromatic N) is 2. The van der Waals surface area contributed by atoms with Crippen LogP contribution in [0.5, 0.6) is 0 Å². The number of benzene rings is 2.